The first-order valence-corrected chi connectivity index (χ1v) is 10.8. The summed E-state index contributed by atoms with van der Waals surface area (Å²) >= 11 is 0. The molecule has 2 aromatic carbocycles. The van der Waals surface area contributed by atoms with Crippen LogP contribution in [0.3, 0.4) is 0 Å². The predicted octanol–water partition coefficient (Wildman–Crippen LogP) is 3.65. The number of aromatic nitrogens is 1. The van der Waals surface area contributed by atoms with Crippen molar-refractivity contribution in [2.24, 2.45) is 11.7 Å². The zero-order valence-corrected chi connectivity index (χ0v) is 18.3. The number of fused-ring (bicyclic) bond motifs is 1. The molecule has 0 saturated carbocycles. The molecule has 1 saturated heterocycles. The van der Waals surface area contributed by atoms with Crippen LogP contribution >= 0.6 is 0 Å². The molecule has 0 atom stereocenters. The van der Waals surface area contributed by atoms with Crippen LogP contribution in [0.25, 0.3) is 22.2 Å². The van der Waals surface area contributed by atoms with Crippen molar-refractivity contribution < 1.29 is 19.1 Å². The fraction of sp³-hybridized carbons (Fsp3) is 0.320. The van der Waals surface area contributed by atoms with E-state index in [9.17, 15) is 9.59 Å². The molecule has 0 radical (unpaired) electrons. The quantitative estimate of drug-likeness (QED) is 0.640. The second-order valence-electron chi connectivity index (χ2n) is 7.87. The van der Waals surface area contributed by atoms with Gasteiger partial charge < -0.3 is 20.1 Å². The minimum atomic E-state index is -0.290. The summed E-state index contributed by atoms with van der Waals surface area (Å²) in [6, 6.07) is 15.1. The molecule has 2 heterocycles. The van der Waals surface area contributed by atoms with Gasteiger partial charge in [0.25, 0.3) is 5.91 Å². The normalized spacial score (nSPS) is 14.4. The summed E-state index contributed by atoms with van der Waals surface area (Å²) in [6.45, 7) is 3.47. The van der Waals surface area contributed by atoms with Crippen LogP contribution in [0, 0.1) is 5.92 Å². The number of likely N-dealkylation sites (tertiary alicyclic amines) is 1. The summed E-state index contributed by atoms with van der Waals surface area (Å²) in [7, 11) is 1.63. The molecule has 2 amide bonds. The lowest BCUT2D eigenvalue weighted by atomic mass is 9.95. The lowest BCUT2D eigenvalue weighted by Gasteiger charge is -2.30. The second-order valence-corrected chi connectivity index (χ2v) is 7.87. The van der Waals surface area contributed by atoms with Gasteiger partial charge in [-0.05, 0) is 50.1 Å². The third-order valence-corrected chi connectivity index (χ3v) is 5.87. The van der Waals surface area contributed by atoms with Crippen LogP contribution in [0.5, 0.6) is 11.5 Å². The molecule has 1 fully saturated rings. The molecule has 1 aromatic heterocycles. The Kier molecular flexibility index (Phi) is 6.25. The lowest BCUT2D eigenvalue weighted by molar-refractivity contribution is -0.123. The van der Waals surface area contributed by atoms with Crippen LogP contribution in [-0.2, 0) is 4.79 Å². The Morgan fingerprint density at radius 3 is 2.59 bits per heavy atom. The van der Waals surface area contributed by atoms with Crippen molar-refractivity contribution in [1.82, 2.24) is 9.88 Å². The van der Waals surface area contributed by atoms with Crippen molar-refractivity contribution in [3.05, 3.63) is 54.1 Å². The second kappa shape index (κ2) is 9.26. The molecular formula is C25H27N3O4. The number of amides is 2. The number of nitrogens with zero attached hydrogens (tertiary/aromatic N) is 2. The minimum Gasteiger partial charge on any atom is -0.497 e. The Bertz CT molecular complexity index is 1150. The van der Waals surface area contributed by atoms with Gasteiger partial charge in [-0.15, -0.1) is 0 Å². The summed E-state index contributed by atoms with van der Waals surface area (Å²) in [6.07, 6.45) is 1.20. The van der Waals surface area contributed by atoms with Gasteiger partial charge >= 0.3 is 0 Å². The highest BCUT2D eigenvalue weighted by atomic mass is 16.5. The van der Waals surface area contributed by atoms with Crippen LogP contribution in [0.1, 0.15) is 30.1 Å². The highest BCUT2D eigenvalue weighted by Gasteiger charge is 2.26. The first-order chi connectivity index (χ1) is 15.5. The molecule has 1 aliphatic rings. The Hall–Kier alpha value is -3.61. The number of benzene rings is 2. The Morgan fingerprint density at radius 1 is 1.12 bits per heavy atom. The van der Waals surface area contributed by atoms with E-state index in [1.807, 2.05) is 49.4 Å². The molecule has 3 aromatic rings. The van der Waals surface area contributed by atoms with Crippen molar-refractivity contribution >= 4 is 22.7 Å². The fourth-order valence-corrected chi connectivity index (χ4v) is 4.08. The molecule has 0 bridgehead atoms. The topological polar surface area (TPSA) is 94.8 Å². The van der Waals surface area contributed by atoms with Gasteiger partial charge in [-0.25, -0.2) is 4.98 Å². The highest BCUT2D eigenvalue weighted by molar-refractivity contribution is 6.00. The van der Waals surface area contributed by atoms with Crippen molar-refractivity contribution in [2.75, 3.05) is 26.8 Å². The maximum absolute atomic E-state index is 13.1. The molecular weight excluding hydrogens is 406 g/mol. The van der Waals surface area contributed by atoms with Gasteiger partial charge in [0, 0.05) is 41.6 Å². The molecule has 0 spiro atoms. The lowest BCUT2D eigenvalue weighted by Crippen LogP contribution is -2.41. The van der Waals surface area contributed by atoms with Gasteiger partial charge in [-0.3, -0.25) is 9.59 Å². The van der Waals surface area contributed by atoms with E-state index in [-0.39, 0.29) is 17.7 Å². The fourth-order valence-electron chi connectivity index (χ4n) is 4.08. The van der Waals surface area contributed by atoms with E-state index in [0.29, 0.717) is 43.9 Å². The summed E-state index contributed by atoms with van der Waals surface area (Å²) < 4.78 is 11.2. The average Bonchev–Trinajstić information content (AvgIpc) is 2.83. The molecule has 0 aliphatic carbocycles. The first-order valence-electron chi connectivity index (χ1n) is 10.8. The van der Waals surface area contributed by atoms with Crippen LogP contribution in [0.2, 0.25) is 0 Å². The summed E-state index contributed by atoms with van der Waals surface area (Å²) in [5.74, 6) is 0.927. The molecule has 7 heteroatoms. The van der Waals surface area contributed by atoms with Gasteiger partial charge in [-0.1, -0.05) is 12.1 Å². The van der Waals surface area contributed by atoms with E-state index in [1.54, 1.807) is 18.1 Å². The molecule has 4 rings (SSSR count). The SMILES string of the molecule is CCOc1cc(-c2cccc(OC)c2)nc2ccc(C(=O)N3CCC(C(N)=O)CC3)cc12. The van der Waals surface area contributed by atoms with Crippen molar-refractivity contribution in [2.45, 2.75) is 19.8 Å². The van der Waals surface area contributed by atoms with E-state index < -0.39 is 0 Å². The van der Waals surface area contributed by atoms with Gasteiger partial charge in [0.05, 0.1) is 24.9 Å². The van der Waals surface area contributed by atoms with E-state index in [0.717, 1.165) is 27.9 Å². The Morgan fingerprint density at radius 2 is 1.91 bits per heavy atom. The molecule has 0 unspecified atom stereocenters. The maximum Gasteiger partial charge on any atom is 0.253 e. The molecule has 166 valence electrons. The Balaban J connectivity index is 1.67. The summed E-state index contributed by atoms with van der Waals surface area (Å²) in [5.41, 5.74) is 8.42. The molecule has 2 N–H and O–H groups in total. The predicted molar refractivity (Wildman–Crippen MR) is 123 cm³/mol. The number of carbonyl (C=O) groups is 2. The Labute approximate surface area is 187 Å². The average molecular weight is 434 g/mol. The van der Waals surface area contributed by atoms with E-state index in [4.69, 9.17) is 20.2 Å². The smallest absolute Gasteiger partial charge is 0.253 e. The number of carbonyl (C=O) groups excluding carboxylic acids is 2. The van der Waals surface area contributed by atoms with Crippen molar-refractivity contribution in [1.29, 1.82) is 0 Å². The standard InChI is InChI=1S/C25H27N3O4/c1-3-32-23-15-22(17-5-4-6-19(13-17)31-2)27-21-8-7-18(14-20(21)23)25(30)28-11-9-16(10-12-28)24(26)29/h4-8,13-16H,3,9-12H2,1-2H3,(H2,26,29). The maximum atomic E-state index is 13.1. The molecule has 1 aliphatic heterocycles. The van der Waals surface area contributed by atoms with Gasteiger partial charge in [0.1, 0.15) is 11.5 Å². The third kappa shape index (κ3) is 4.37. The number of hydrogen-bond acceptors (Lipinski definition) is 5. The monoisotopic (exact) mass is 433 g/mol. The van der Waals surface area contributed by atoms with E-state index in [1.165, 1.54) is 0 Å². The molecule has 32 heavy (non-hydrogen) atoms. The van der Waals surface area contributed by atoms with Crippen LogP contribution in [0.4, 0.5) is 0 Å². The van der Waals surface area contributed by atoms with Crippen molar-refractivity contribution in [3.8, 4) is 22.8 Å². The zero-order valence-electron chi connectivity index (χ0n) is 18.3. The number of hydrogen-bond donors (Lipinski definition) is 1. The van der Waals surface area contributed by atoms with Gasteiger partial charge in [-0.2, -0.15) is 0 Å². The number of piperidine rings is 1. The number of primary amides is 1. The zero-order chi connectivity index (χ0) is 22.7. The number of methoxy groups -OCH3 is 1. The number of rotatable bonds is 6. The third-order valence-electron chi connectivity index (χ3n) is 5.87. The van der Waals surface area contributed by atoms with Gasteiger partial charge in [0.15, 0.2) is 0 Å². The molecule has 7 nitrogen and oxygen atoms in total. The van der Waals surface area contributed by atoms with Gasteiger partial charge in [0.2, 0.25) is 5.91 Å². The number of ether oxygens (including phenoxy) is 2. The summed E-state index contributed by atoms with van der Waals surface area (Å²) in [5, 5.41) is 0.788. The van der Waals surface area contributed by atoms with E-state index in [2.05, 4.69) is 0 Å². The number of nitrogens with two attached hydrogens (primary N) is 1. The number of pyridine rings is 1. The van der Waals surface area contributed by atoms with Crippen LogP contribution < -0.4 is 15.2 Å². The van der Waals surface area contributed by atoms with Crippen molar-refractivity contribution in [3.63, 3.8) is 0 Å². The largest absolute Gasteiger partial charge is 0.497 e. The van der Waals surface area contributed by atoms with Crippen LogP contribution in [-0.4, -0.2) is 48.5 Å². The highest BCUT2D eigenvalue weighted by Crippen LogP contribution is 2.32. The first kappa shape index (κ1) is 21.6. The van der Waals surface area contributed by atoms with E-state index >= 15 is 0 Å². The van der Waals surface area contributed by atoms with Crippen LogP contribution in [0.15, 0.2) is 48.5 Å². The summed E-state index contributed by atoms with van der Waals surface area (Å²) in [4.78, 5) is 31.1. The minimum absolute atomic E-state index is 0.0610.